The van der Waals surface area contributed by atoms with Crippen molar-refractivity contribution >= 4 is 0 Å². The summed E-state index contributed by atoms with van der Waals surface area (Å²) in [5.41, 5.74) is 0.400. The maximum atomic E-state index is 3.59. The number of nitrogens with zero attached hydrogens (tertiary/aromatic N) is 2. The summed E-state index contributed by atoms with van der Waals surface area (Å²) < 4.78 is 0. The van der Waals surface area contributed by atoms with Crippen LogP contribution in [0.2, 0.25) is 0 Å². The van der Waals surface area contributed by atoms with Gasteiger partial charge >= 0.3 is 0 Å². The van der Waals surface area contributed by atoms with Crippen LogP contribution in [0.3, 0.4) is 0 Å². The first-order valence-corrected chi connectivity index (χ1v) is 9.24. The smallest absolute Gasteiger partial charge is 0.00448 e. The van der Waals surface area contributed by atoms with E-state index in [9.17, 15) is 0 Å². The van der Waals surface area contributed by atoms with Crippen molar-refractivity contribution in [2.45, 2.75) is 52.9 Å². The summed E-state index contributed by atoms with van der Waals surface area (Å²) in [6.07, 6.45) is 6.91. The molecule has 0 aromatic heterocycles. The number of rotatable bonds is 8. The van der Waals surface area contributed by atoms with Gasteiger partial charge in [-0.2, -0.15) is 0 Å². The standard InChI is InChI=1S/C18H37N3/c1-4-9-19-15-18(2,3)16-21-12-7-17(8-13-21)14-20-10-5-6-11-20/h17,19H,4-16H2,1-3H3. The summed E-state index contributed by atoms with van der Waals surface area (Å²) in [5.74, 6) is 0.959. The zero-order chi connectivity index (χ0) is 15.1. The molecule has 3 nitrogen and oxygen atoms in total. The van der Waals surface area contributed by atoms with Crippen molar-refractivity contribution in [1.29, 1.82) is 0 Å². The van der Waals surface area contributed by atoms with Gasteiger partial charge in [-0.1, -0.05) is 20.8 Å². The quantitative estimate of drug-likeness (QED) is 0.695. The Balaban J connectivity index is 1.63. The summed E-state index contributed by atoms with van der Waals surface area (Å²) in [6, 6.07) is 0. The largest absolute Gasteiger partial charge is 0.316 e. The van der Waals surface area contributed by atoms with Gasteiger partial charge in [-0.05, 0) is 76.2 Å². The SMILES string of the molecule is CCCNCC(C)(C)CN1CCC(CN2CCCC2)CC1. The van der Waals surface area contributed by atoms with Crippen LogP contribution in [-0.2, 0) is 0 Å². The second-order valence-corrected chi connectivity index (χ2v) is 8.07. The first-order valence-electron chi connectivity index (χ1n) is 9.24. The zero-order valence-corrected chi connectivity index (χ0v) is 14.7. The summed E-state index contributed by atoms with van der Waals surface area (Å²) in [6.45, 7) is 17.3. The summed E-state index contributed by atoms with van der Waals surface area (Å²) in [7, 11) is 0. The molecule has 0 aliphatic carbocycles. The van der Waals surface area contributed by atoms with Gasteiger partial charge in [0.1, 0.15) is 0 Å². The van der Waals surface area contributed by atoms with Crippen LogP contribution in [0, 0.1) is 11.3 Å². The Bertz CT molecular complexity index is 276. The second kappa shape index (κ2) is 8.50. The molecular formula is C18H37N3. The maximum absolute atomic E-state index is 3.59. The monoisotopic (exact) mass is 295 g/mol. The molecule has 124 valence electrons. The topological polar surface area (TPSA) is 18.5 Å². The summed E-state index contributed by atoms with van der Waals surface area (Å²) in [5, 5.41) is 3.59. The Morgan fingerprint density at radius 1 is 1.00 bits per heavy atom. The molecule has 0 amide bonds. The van der Waals surface area contributed by atoms with E-state index in [1.165, 1.54) is 71.4 Å². The lowest BCUT2D eigenvalue weighted by atomic mass is 9.90. The van der Waals surface area contributed by atoms with E-state index in [-0.39, 0.29) is 0 Å². The molecule has 0 atom stereocenters. The Labute approximate surface area is 132 Å². The molecule has 3 heteroatoms. The average Bonchev–Trinajstić information content (AvgIpc) is 2.94. The van der Waals surface area contributed by atoms with Gasteiger partial charge in [-0.15, -0.1) is 0 Å². The minimum absolute atomic E-state index is 0.400. The first kappa shape index (κ1) is 17.2. The Morgan fingerprint density at radius 2 is 1.67 bits per heavy atom. The number of likely N-dealkylation sites (tertiary alicyclic amines) is 2. The van der Waals surface area contributed by atoms with Gasteiger partial charge in [0.2, 0.25) is 0 Å². The average molecular weight is 296 g/mol. The van der Waals surface area contributed by atoms with Crippen molar-refractivity contribution in [3.05, 3.63) is 0 Å². The Morgan fingerprint density at radius 3 is 2.29 bits per heavy atom. The molecule has 2 rings (SSSR count). The second-order valence-electron chi connectivity index (χ2n) is 8.07. The minimum atomic E-state index is 0.400. The molecule has 2 heterocycles. The van der Waals surface area contributed by atoms with Crippen LogP contribution in [0.4, 0.5) is 0 Å². The maximum Gasteiger partial charge on any atom is 0.00448 e. The number of piperidine rings is 1. The van der Waals surface area contributed by atoms with Gasteiger partial charge in [0.15, 0.2) is 0 Å². The van der Waals surface area contributed by atoms with Crippen LogP contribution in [0.5, 0.6) is 0 Å². The molecule has 0 aromatic rings. The van der Waals surface area contributed by atoms with E-state index in [0.717, 1.165) is 19.0 Å². The Hall–Kier alpha value is -0.120. The van der Waals surface area contributed by atoms with Gasteiger partial charge in [-0.3, -0.25) is 0 Å². The molecule has 2 aliphatic heterocycles. The van der Waals surface area contributed by atoms with E-state index in [2.05, 4.69) is 35.9 Å². The highest BCUT2D eigenvalue weighted by Crippen LogP contribution is 2.24. The van der Waals surface area contributed by atoms with E-state index in [1.54, 1.807) is 0 Å². The van der Waals surface area contributed by atoms with Crippen molar-refractivity contribution < 1.29 is 0 Å². The van der Waals surface area contributed by atoms with Crippen molar-refractivity contribution in [2.75, 3.05) is 52.4 Å². The summed E-state index contributed by atoms with van der Waals surface area (Å²) >= 11 is 0. The van der Waals surface area contributed by atoms with Crippen LogP contribution in [-0.4, -0.2) is 62.2 Å². The molecule has 2 fully saturated rings. The van der Waals surface area contributed by atoms with Crippen LogP contribution in [0.25, 0.3) is 0 Å². The van der Waals surface area contributed by atoms with Crippen LogP contribution in [0.1, 0.15) is 52.9 Å². The third-order valence-electron chi connectivity index (χ3n) is 5.10. The van der Waals surface area contributed by atoms with Crippen molar-refractivity contribution in [1.82, 2.24) is 15.1 Å². The van der Waals surface area contributed by atoms with Crippen molar-refractivity contribution in [2.24, 2.45) is 11.3 Å². The molecule has 0 unspecified atom stereocenters. The minimum Gasteiger partial charge on any atom is -0.316 e. The molecule has 1 N–H and O–H groups in total. The van der Waals surface area contributed by atoms with Gasteiger partial charge in [0.25, 0.3) is 0 Å². The fraction of sp³-hybridized carbons (Fsp3) is 1.00. The molecule has 0 spiro atoms. The van der Waals surface area contributed by atoms with Gasteiger partial charge in [-0.25, -0.2) is 0 Å². The molecular weight excluding hydrogens is 258 g/mol. The number of hydrogen-bond acceptors (Lipinski definition) is 3. The number of nitrogens with one attached hydrogen (secondary N) is 1. The molecule has 2 saturated heterocycles. The fourth-order valence-electron chi connectivity index (χ4n) is 3.92. The molecule has 0 aromatic carbocycles. The molecule has 21 heavy (non-hydrogen) atoms. The van der Waals surface area contributed by atoms with Crippen LogP contribution >= 0.6 is 0 Å². The highest BCUT2D eigenvalue weighted by molar-refractivity contribution is 4.81. The summed E-state index contributed by atoms with van der Waals surface area (Å²) in [4.78, 5) is 5.40. The third-order valence-corrected chi connectivity index (χ3v) is 5.10. The molecule has 0 bridgehead atoms. The number of hydrogen-bond donors (Lipinski definition) is 1. The van der Waals surface area contributed by atoms with Gasteiger partial charge in [0.05, 0.1) is 0 Å². The molecule has 2 aliphatic rings. The van der Waals surface area contributed by atoms with E-state index in [4.69, 9.17) is 0 Å². The lowest BCUT2D eigenvalue weighted by Crippen LogP contribution is -2.45. The molecule has 0 radical (unpaired) electrons. The van der Waals surface area contributed by atoms with Crippen LogP contribution in [0.15, 0.2) is 0 Å². The Kier molecular flexibility index (Phi) is 6.97. The third kappa shape index (κ3) is 6.25. The van der Waals surface area contributed by atoms with Gasteiger partial charge < -0.3 is 15.1 Å². The molecule has 0 saturated carbocycles. The highest BCUT2D eigenvalue weighted by Gasteiger charge is 2.26. The first-order chi connectivity index (χ1) is 10.1. The van der Waals surface area contributed by atoms with E-state index in [0.29, 0.717) is 5.41 Å². The predicted molar refractivity (Wildman–Crippen MR) is 91.8 cm³/mol. The van der Waals surface area contributed by atoms with Crippen molar-refractivity contribution in [3.63, 3.8) is 0 Å². The van der Waals surface area contributed by atoms with E-state index in [1.807, 2.05) is 0 Å². The normalized spacial score (nSPS) is 23.0. The highest BCUT2D eigenvalue weighted by atomic mass is 15.2. The fourth-order valence-corrected chi connectivity index (χ4v) is 3.92. The lowest BCUT2D eigenvalue weighted by molar-refractivity contribution is 0.113. The van der Waals surface area contributed by atoms with Gasteiger partial charge in [0, 0.05) is 19.6 Å². The van der Waals surface area contributed by atoms with E-state index >= 15 is 0 Å². The zero-order valence-electron chi connectivity index (χ0n) is 14.7. The van der Waals surface area contributed by atoms with E-state index < -0.39 is 0 Å². The van der Waals surface area contributed by atoms with Crippen molar-refractivity contribution in [3.8, 4) is 0 Å². The lowest BCUT2D eigenvalue weighted by Gasteiger charge is -2.38. The predicted octanol–water partition coefficient (Wildman–Crippen LogP) is 2.82. The van der Waals surface area contributed by atoms with Crippen LogP contribution < -0.4 is 5.32 Å².